The molecule has 0 spiro atoms. The fourth-order valence-electron chi connectivity index (χ4n) is 1.17. The topological polar surface area (TPSA) is 54.4 Å². The molecule has 0 aliphatic rings. The van der Waals surface area contributed by atoms with E-state index in [1.165, 1.54) is 0 Å². The summed E-state index contributed by atoms with van der Waals surface area (Å²) in [6.07, 6.45) is 1.64. The molecule has 4 nitrogen and oxygen atoms in total. The zero-order chi connectivity index (χ0) is 10.5. The molecule has 2 aromatic rings. The number of hydrogen-bond acceptors (Lipinski definition) is 4. The van der Waals surface area contributed by atoms with Crippen LogP contribution in [-0.2, 0) is 0 Å². The van der Waals surface area contributed by atoms with Gasteiger partial charge in [-0.25, -0.2) is 4.98 Å². The predicted octanol–water partition coefficient (Wildman–Crippen LogP) is 2.68. The van der Waals surface area contributed by atoms with Gasteiger partial charge >= 0.3 is 0 Å². The number of aromatic nitrogens is 1. The maximum Gasteiger partial charge on any atom is 0.219 e. The third kappa shape index (κ3) is 2.24. The van der Waals surface area contributed by atoms with Crippen LogP contribution in [0.25, 0.3) is 0 Å². The summed E-state index contributed by atoms with van der Waals surface area (Å²) < 4.78 is 5.47. The summed E-state index contributed by atoms with van der Waals surface area (Å²) in [7, 11) is 0. The second kappa shape index (κ2) is 4.43. The van der Waals surface area contributed by atoms with Gasteiger partial charge in [-0.05, 0) is 18.2 Å². The first-order valence-electron chi connectivity index (χ1n) is 4.48. The largest absolute Gasteiger partial charge is 0.437 e. The molecule has 0 atom stereocenters. The summed E-state index contributed by atoms with van der Waals surface area (Å²) in [5.74, 6) is 1.01. The number of rotatable bonds is 3. The van der Waals surface area contributed by atoms with Crippen molar-refractivity contribution in [3.63, 3.8) is 0 Å². The van der Waals surface area contributed by atoms with Crippen molar-refractivity contribution in [3.8, 4) is 11.6 Å². The highest BCUT2D eigenvalue weighted by atomic mass is 16.5. The minimum Gasteiger partial charge on any atom is -0.437 e. The molecule has 2 rings (SSSR count). The molecule has 0 saturated heterocycles. The van der Waals surface area contributed by atoms with Crippen molar-refractivity contribution in [2.45, 2.75) is 0 Å². The van der Waals surface area contributed by atoms with E-state index in [1.54, 1.807) is 30.5 Å². The van der Waals surface area contributed by atoms with Gasteiger partial charge in [0.2, 0.25) is 5.88 Å². The molecule has 4 heteroatoms. The smallest absolute Gasteiger partial charge is 0.219 e. The third-order valence-corrected chi connectivity index (χ3v) is 1.86. The lowest BCUT2D eigenvalue weighted by atomic mass is 10.3. The molecule has 0 amide bonds. The number of ether oxygens (including phenoxy) is 1. The van der Waals surface area contributed by atoms with Gasteiger partial charge in [-0.3, -0.25) is 10.7 Å². The minimum absolute atomic E-state index is 0.486. The van der Waals surface area contributed by atoms with E-state index in [0.29, 0.717) is 17.3 Å². The van der Waals surface area contributed by atoms with E-state index in [2.05, 4.69) is 10.5 Å². The quantitative estimate of drug-likeness (QED) is 0.751. The number of anilines is 1. The van der Waals surface area contributed by atoms with Gasteiger partial charge in [-0.1, -0.05) is 18.2 Å². The average Bonchev–Trinajstić information content (AvgIpc) is 2.31. The highest BCUT2D eigenvalue weighted by molar-refractivity contribution is 5.55. The van der Waals surface area contributed by atoms with Crippen molar-refractivity contribution in [1.82, 2.24) is 4.98 Å². The molecule has 76 valence electrons. The number of nitrogens with one attached hydrogen (secondary N) is 1. The zero-order valence-corrected chi connectivity index (χ0v) is 7.92. The SMILES string of the molecule is ONc1ccccc1Oc1ccccn1. The number of hydrogen-bond donors (Lipinski definition) is 2. The molecule has 1 heterocycles. The Labute approximate surface area is 87.1 Å². The summed E-state index contributed by atoms with van der Waals surface area (Å²) in [6.45, 7) is 0. The van der Waals surface area contributed by atoms with Crippen molar-refractivity contribution in [1.29, 1.82) is 0 Å². The Kier molecular flexibility index (Phi) is 2.80. The fourth-order valence-corrected chi connectivity index (χ4v) is 1.17. The summed E-state index contributed by atoms with van der Waals surface area (Å²) in [6, 6.07) is 12.4. The van der Waals surface area contributed by atoms with E-state index in [0.717, 1.165) is 0 Å². The molecular weight excluding hydrogens is 192 g/mol. The molecular formula is C11H10N2O2. The molecule has 0 aliphatic heterocycles. The van der Waals surface area contributed by atoms with Gasteiger partial charge in [0.25, 0.3) is 0 Å². The van der Waals surface area contributed by atoms with Crippen LogP contribution in [0.4, 0.5) is 5.69 Å². The van der Waals surface area contributed by atoms with Crippen LogP contribution in [0.2, 0.25) is 0 Å². The first kappa shape index (κ1) is 9.48. The molecule has 1 aromatic carbocycles. The Balaban J connectivity index is 2.24. The summed E-state index contributed by atoms with van der Waals surface area (Å²) >= 11 is 0. The Morgan fingerprint density at radius 2 is 1.87 bits per heavy atom. The Morgan fingerprint density at radius 3 is 2.60 bits per heavy atom. The number of pyridine rings is 1. The molecule has 2 N–H and O–H groups in total. The van der Waals surface area contributed by atoms with Crippen LogP contribution < -0.4 is 10.2 Å². The Bertz CT molecular complexity index is 432. The van der Waals surface area contributed by atoms with Crippen molar-refractivity contribution >= 4 is 5.69 Å². The average molecular weight is 202 g/mol. The second-order valence-corrected chi connectivity index (χ2v) is 2.88. The van der Waals surface area contributed by atoms with E-state index in [-0.39, 0.29) is 0 Å². The van der Waals surface area contributed by atoms with Crippen molar-refractivity contribution in [3.05, 3.63) is 48.7 Å². The van der Waals surface area contributed by atoms with Crippen LogP contribution >= 0.6 is 0 Å². The number of para-hydroxylation sites is 2. The number of nitrogens with zero attached hydrogens (tertiary/aromatic N) is 1. The van der Waals surface area contributed by atoms with Crippen LogP contribution in [0.15, 0.2) is 48.7 Å². The molecule has 0 radical (unpaired) electrons. The van der Waals surface area contributed by atoms with Crippen LogP contribution in [0.3, 0.4) is 0 Å². The van der Waals surface area contributed by atoms with Crippen molar-refractivity contribution in [2.75, 3.05) is 5.48 Å². The van der Waals surface area contributed by atoms with Gasteiger partial charge < -0.3 is 4.74 Å². The van der Waals surface area contributed by atoms with E-state index < -0.39 is 0 Å². The second-order valence-electron chi connectivity index (χ2n) is 2.88. The molecule has 1 aromatic heterocycles. The normalized spacial score (nSPS) is 9.67. The van der Waals surface area contributed by atoms with Gasteiger partial charge in [0.15, 0.2) is 5.75 Å². The molecule has 0 bridgehead atoms. The third-order valence-electron chi connectivity index (χ3n) is 1.86. The highest BCUT2D eigenvalue weighted by Crippen LogP contribution is 2.27. The van der Waals surface area contributed by atoms with Gasteiger partial charge in [0.05, 0.1) is 0 Å². The van der Waals surface area contributed by atoms with Crippen molar-refractivity contribution < 1.29 is 9.94 Å². The van der Waals surface area contributed by atoms with Gasteiger partial charge in [0.1, 0.15) is 5.69 Å². The number of benzene rings is 1. The standard InChI is InChI=1S/C11H10N2O2/c14-13-9-5-1-2-6-10(9)15-11-7-3-4-8-12-11/h1-8,13-14H. The molecule has 0 aliphatic carbocycles. The lowest BCUT2D eigenvalue weighted by Crippen LogP contribution is -1.94. The van der Waals surface area contributed by atoms with Gasteiger partial charge in [-0.2, -0.15) is 0 Å². The van der Waals surface area contributed by atoms with Gasteiger partial charge in [-0.15, -0.1) is 0 Å². The maximum absolute atomic E-state index is 8.85. The molecule has 0 unspecified atom stereocenters. The lowest BCUT2D eigenvalue weighted by Gasteiger charge is -2.08. The van der Waals surface area contributed by atoms with E-state index in [4.69, 9.17) is 9.94 Å². The van der Waals surface area contributed by atoms with Crippen LogP contribution in [0.1, 0.15) is 0 Å². The first-order valence-corrected chi connectivity index (χ1v) is 4.48. The first-order chi connectivity index (χ1) is 7.40. The maximum atomic E-state index is 8.85. The minimum atomic E-state index is 0.486. The van der Waals surface area contributed by atoms with E-state index in [1.807, 2.05) is 18.2 Å². The highest BCUT2D eigenvalue weighted by Gasteiger charge is 2.02. The molecule has 0 saturated carbocycles. The zero-order valence-electron chi connectivity index (χ0n) is 7.92. The Hall–Kier alpha value is -2.07. The Morgan fingerprint density at radius 1 is 1.07 bits per heavy atom. The fraction of sp³-hybridized carbons (Fsp3) is 0. The molecule has 15 heavy (non-hydrogen) atoms. The van der Waals surface area contributed by atoms with Crippen LogP contribution in [-0.4, -0.2) is 10.2 Å². The summed E-state index contributed by atoms with van der Waals surface area (Å²) in [4.78, 5) is 4.02. The molecule has 0 fully saturated rings. The van der Waals surface area contributed by atoms with Crippen LogP contribution in [0.5, 0.6) is 11.6 Å². The summed E-state index contributed by atoms with van der Waals surface area (Å²) in [5.41, 5.74) is 2.57. The van der Waals surface area contributed by atoms with Crippen molar-refractivity contribution in [2.24, 2.45) is 0 Å². The van der Waals surface area contributed by atoms with E-state index in [9.17, 15) is 0 Å². The van der Waals surface area contributed by atoms with Crippen LogP contribution in [0, 0.1) is 0 Å². The predicted molar refractivity (Wildman–Crippen MR) is 56.2 cm³/mol. The summed E-state index contributed by atoms with van der Waals surface area (Å²) in [5, 5.41) is 8.85. The monoisotopic (exact) mass is 202 g/mol. The van der Waals surface area contributed by atoms with Gasteiger partial charge in [0, 0.05) is 12.3 Å². The van der Waals surface area contributed by atoms with E-state index >= 15 is 0 Å². The lowest BCUT2D eigenvalue weighted by molar-refractivity contribution is 0.381.